The van der Waals surface area contributed by atoms with Gasteiger partial charge in [0.25, 0.3) is 0 Å². The first kappa shape index (κ1) is 9.52. The van der Waals surface area contributed by atoms with E-state index in [1.807, 2.05) is 0 Å². The van der Waals surface area contributed by atoms with Crippen LogP contribution in [0.25, 0.3) is 0 Å². The Morgan fingerprint density at radius 1 is 1.58 bits per heavy atom. The molecule has 70 valence electrons. The Morgan fingerprint density at radius 3 is 2.67 bits per heavy atom. The van der Waals surface area contributed by atoms with E-state index in [1.54, 1.807) is 13.8 Å². The van der Waals surface area contributed by atoms with Gasteiger partial charge in [0, 0.05) is 6.61 Å². The molecule has 1 saturated heterocycles. The van der Waals surface area contributed by atoms with Crippen molar-refractivity contribution in [3.8, 4) is 0 Å². The molecule has 1 fully saturated rings. The van der Waals surface area contributed by atoms with Gasteiger partial charge in [-0.1, -0.05) is 0 Å². The molecule has 3 heteroatoms. The van der Waals surface area contributed by atoms with Crippen molar-refractivity contribution in [1.82, 2.24) is 0 Å². The van der Waals surface area contributed by atoms with Gasteiger partial charge in [-0.3, -0.25) is 4.79 Å². The average Bonchev–Trinajstić information content (AvgIpc) is 2.06. The summed E-state index contributed by atoms with van der Waals surface area (Å²) in [6.07, 6.45) is 1.96. The SMILES string of the molecule is CC(C)(C(=O)O)C1CCCOC1. The van der Waals surface area contributed by atoms with Crippen LogP contribution in [0.15, 0.2) is 0 Å². The van der Waals surface area contributed by atoms with Crippen molar-refractivity contribution in [3.63, 3.8) is 0 Å². The van der Waals surface area contributed by atoms with Crippen molar-refractivity contribution < 1.29 is 14.6 Å². The molecule has 0 radical (unpaired) electrons. The molecule has 0 spiro atoms. The Kier molecular flexibility index (Phi) is 2.73. The van der Waals surface area contributed by atoms with Crippen LogP contribution in [-0.2, 0) is 9.53 Å². The first-order valence-corrected chi connectivity index (χ1v) is 4.36. The number of carboxylic acids is 1. The van der Waals surface area contributed by atoms with Crippen LogP contribution in [0, 0.1) is 11.3 Å². The zero-order valence-corrected chi connectivity index (χ0v) is 7.67. The predicted molar refractivity (Wildman–Crippen MR) is 45.0 cm³/mol. The van der Waals surface area contributed by atoms with E-state index in [4.69, 9.17) is 9.84 Å². The number of ether oxygens (including phenoxy) is 1. The lowest BCUT2D eigenvalue weighted by Crippen LogP contribution is -2.37. The zero-order valence-electron chi connectivity index (χ0n) is 7.67. The Morgan fingerprint density at radius 2 is 2.25 bits per heavy atom. The lowest BCUT2D eigenvalue weighted by molar-refractivity contribution is -0.153. The third kappa shape index (κ3) is 1.78. The summed E-state index contributed by atoms with van der Waals surface area (Å²) in [5.74, 6) is -0.554. The van der Waals surface area contributed by atoms with Gasteiger partial charge in [-0.05, 0) is 32.6 Å². The Balaban J connectivity index is 2.59. The molecule has 12 heavy (non-hydrogen) atoms. The molecule has 0 saturated carbocycles. The van der Waals surface area contributed by atoms with Gasteiger partial charge in [0.15, 0.2) is 0 Å². The molecule has 1 N–H and O–H groups in total. The van der Waals surface area contributed by atoms with Gasteiger partial charge >= 0.3 is 5.97 Å². The maximum Gasteiger partial charge on any atom is 0.309 e. The van der Waals surface area contributed by atoms with Crippen molar-refractivity contribution in [2.45, 2.75) is 26.7 Å². The first-order valence-electron chi connectivity index (χ1n) is 4.36. The highest BCUT2D eigenvalue weighted by molar-refractivity contribution is 5.74. The first-order chi connectivity index (χ1) is 5.55. The quantitative estimate of drug-likeness (QED) is 0.687. The zero-order chi connectivity index (χ0) is 9.19. The molecule has 1 atom stereocenters. The van der Waals surface area contributed by atoms with E-state index in [9.17, 15) is 4.79 Å². The van der Waals surface area contributed by atoms with E-state index in [0.29, 0.717) is 6.61 Å². The maximum atomic E-state index is 10.9. The Bertz CT molecular complexity index is 169. The fraction of sp³-hybridized carbons (Fsp3) is 0.889. The van der Waals surface area contributed by atoms with Crippen LogP contribution in [0.2, 0.25) is 0 Å². The second-order valence-corrected chi connectivity index (χ2v) is 3.94. The minimum Gasteiger partial charge on any atom is -0.481 e. The Labute approximate surface area is 72.7 Å². The third-order valence-corrected chi connectivity index (χ3v) is 2.73. The monoisotopic (exact) mass is 172 g/mol. The number of rotatable bonds is 2. The molecule has 0 amide bonds. The molecule has 0 aromatic rings. The average molecular weight is 172 g/mol. The topological polar surface area (TPSA) is 46.5 Å². The van der Waals surface area contributed by atoms with Crippen molar-refractivity contribution in [2.75, 3.05) is 13.2 Å². The van der Waals surface area contributed by atoms with Gasteiger partial charge in [-0.2, -0.15) is 0 Å². The fourth-order valence-corrected chi connectivity index (χ4v) is 1.48. The van der Waals surface area contributed by atoms with Crippen LogP contribution in [0.3, 0.4) is 0 Å². The summed E-state index contributed by atoms with van der Waals surface area (Å²) in [6, 6.07) is 0. The second kappa shape index (κ2) is 3.44. The standard InChI is InChI=1S/C9H16O3/c1-9(2,8(10)11)7-4-3-5-12-6-7/h7H,3-6H2,1-2H3,(H,10,11). The lowest BCUT2D eigenvalue weighted by atomic mass is 9.76. The highest BCUT2D eigenvalue weighted by atomic mass is 16.5. The molecule has 0 aliphatic carbocycles. The van der Waals surface area contributed by atoms with Gasteiger partial charge in [0.05, 0.1) is 12.0 Å². The van der Waals surface area contributed by atoms with Gasteiger partial charge in [-0.25, -0.2) is 0 Å². The highest BCUT2D eigenvalue weighted by Crippen LogP contribution is 2.33. The minimum atomic E-state index is -0.724. The predicted octanol–water partition coefficient (Wildman–Crippen LogP) is 1.52. The fourth-order valence-electron chi connectivity index (χ4n) is 1.48. The van der Waals surface area contributed by atoms with Crippen LogP contribution in [0.5, 0.6) is 0 Å². The van der Waals surface area contributed by atoms with Crippen LogP contribution < -0.4 is 0 Å². The van der Waals surface area contributed by atoms with Gasteiger partial charge < -0.3 is 9.84 Å². The molecule has 1 aliphatic rings. The smallest absolute Gasteiger partial charge is 0.309 e. The number of hydrogen-bond donors (Lipinski definition) is 1. The molecule has 1 heterocycles. The number of carbonyl (C=O) groups is 1. The third-order valence-electron chi connectivity index (χ3n) is 2.73. The molecule has 3 nitrogen and oxygen atoms in total. The molecular weight excluding hydrogens is 156 g/mol. The number of aliphatic carboxylic acids is 1. The summed E-state index contributed by atoms with van der Waals surface area (Å²) in [6.45, 7) is 4.93. The van der Waals surface area contributed by atoms with Crippen LogP contribution >= 0.6 is 0 Å². The molecule has 1 aliphatic heterocycles. The van der Waals surface area contributed by atoms with E-state index in [1.165, 1.54) is 0 Å². The summed E-state index contributed by atoms with van der Waals surface area (Å²) in [4.78, 5) is 10.9. The van der Waals surface area contributed by atoms with Crippen molar-refractivity contribution in [2.24, 2.45) is 11.3 Å². The van der Waals surface area contributed by atoms with Crippen molar-refractivity contribution in [3.05, 3.63) is 0 Å². The summed E-state index contributed by atoms with van der Waals surface area (Å²) in [7, 11) is 0. The highest BCUT2D eigenvalue weighted by Gasteiger charge is 2.37. The van der Waals surface area contributed by atoms with E-state index in [2.05, 4.69) is 0 Å². The lowest BCUT2D eigenvalue weighted by Gasteiger charge is -2.33. The minimum absolute atomic E-state index is 0.170. The van der Waals surface area contributed by atoms with Gasteiger partial charge in [0.1, 0.15) is 0 Å². The summed E-state index contributed by atoms with van der Waals surface area (Å²) >= 11 is 0. The molecule has 0 aromatic carbocycles. The molecule has 1 unspecified atom stereocenters. The normalized spacial score (nSPS) is 25.3. The molecule has 0 aromatic heterocycles. The summed E-state index contributed by atoms with van der Waals surface area (Å²) in [5.41, 5.74) is -0.638. The largest absolute Gasteiger partial charge is 0.481 e. The maximum absolute atomic E-state index is 10.9. The van der Waals surface area contributed by atoms with Crippen molar-refractivity contribution in [1.29, 1.82) is 0 Å². The summed E-state index contributed by atoms with van der Waals surface area (Å²) < 4.78 is 5.26. The van der Waals surface area contributed by atoms with E-state index >= 15 is 0 Å². The van der Waals surface area contributed by atoms with Crippen LogP contribution in [-0.4, -0.2) is 24.3 Å². The molecule has 1 rings (SSSR count). The van der Waals surface area contributed by atoms with E-state index < -0.39 is 11.4 Å². The summed E-state index contributed by atoms with van der Waals surface area (Å²) in [5, 5.41) is 8.94. The van der Waals surface area contributed by atoms with Crippen LogP contribution in [0.1, 0.15) is 26.7 Å². The van der Waals surface area contributed by atoms with Gasteiger partial charge in [-0.15, -0.1) is 0 Å². The second-order valence-electron chi connectivity index (χ2n) is 3.94. The number of hydrogen-bond acceptors (Lipinski definition) is 2. The van der Waals surface area contributed by atoms with E-state index in [-0.39, 0.29) is 5.92 Å². The van der Waals surface area contributed by atoms with E-state index in [0.717, 1.165) is 19.4 Å². The Hall–Kier alpha value is -0.570. The molecular formula is C9H16O3. The van der Waals surface area contributed by atoms with Crippen molar-refractivity contribution >= 4 is 5.97 Å². The van der Waals surface area contributed by atoms with Crippen LogP contribution in [0.4, 0.5) is 0 Å². The number of carboxylic acid groups (broad SMARTS) is 1. The molecule has 0 bridgehead atoms. The van der Waals surface area contributed by atoms with Gasteiger partial charge in [0.2, 0.25) is 0 Å².